The van der Waals surface area contributed by atoms with E-state index in [1.54, 1.807) is 12.4 Å². The third kappa shape index (κ3) is 2.48. The van der Waals surface area contributed by atoms with Crippen LogP contribution in [0.2, 0.25) is 5.02 Å². The molecule has 1 N–H and O–H groups in total. The van der Waals surface area contributed by atoms with E-state index in [4.69, 9.17) is 11.6 Å². The molecule has 2 aromatic rings. The van der Waals surface area contributed by atoms with E-state index in [1.165, 1.54) is 0 Å². The number of aromatic nitrogens is 1. The zero-order valence-electron chi connectivity index (χ0n) is 8.37. The van der Waals surface area contributed by atoms with Gasteiger partial charge in [0.1, 0.15) is 0 Å². The highest BCUT2D eigenvalue weighted by Crippen LogP contribution is 2.23. The van der Waals surface area contributed by atoms with Crippen molar-refractivity contribution in [1.29, 1.82) is 0 Å². The number of benzene rings is 1. The monoisotopic (exact) mass is 218 g/mol. The highest BCUT2D eigenvalue weighted by atomic mass is 35.5. The topological polar surface area (TPSA) is 24.9 Å². The molecular formula is C12H11ClN2. The van der Waals surface area contributed by atoms with Crippen LogP contribution in [0.4, 0.5) is 11.4 Å². The molecule has 0 radical (unpaired) electrons. The van der Waals surface area contributed by atoms with Crippen LogP contribution >= 0.6 is 11.6 Å². The lowest BCUT2D eigenvalue weighted by molar-refractivity contribution is 1.32. The van der Waals surface area contributed by atoms with E-state index in [-0.39, 0.29) is 0 Å². The maximum atomic E-state index is 5.93. The third-order valence-electron chi connectivity index (χ3n) is 2.16. The van der Waals surface area contributed by atoms with E-state index in [0.717, 1.165) is 22.0 Å². The summed E-state index contributed by atoms with van der Waals surface area (Å²) in [5.41, 5.74) is 3.19. The summed E-state index contributed by atoms with van der Waals surface area (Å²) in [5.74, 6) is 0. The Morgan fingerprint density at radius 3 is 2.60 bits per heavy atom. The summed E-state index contributed by atoms with van der Waals surface area (Å²) in [7, 11) is 0. The second kappa shape index (κ2) is 4.32. The van der Waals surface area contributed by atoms with Crippen LogP contribution in [0.1, 0.15) is 5.56 Å². The summed E-state index contributed by atoms with van der Waals surface area (Å²) >= 11 is 5.93. The predicted octanol–water partition coefficient (Wildman–Crippen LogP) is 3.79. The molecule has 76 valence electrons. The molecule has 2 rings (SSSR count). The van der Waals surface area contributed by atoms with Crippen molar-refractivity contribution in [1.82, 2.24) is 4.98 Å². The van der Waals surface area contributed by atoms with Crippen molar-refractivity contribution in [3.8, 4) is 0 Å². The molecule has 0 fully saturated rings. The van der Waals surface area contributed by atoms with Gasteiger partial charge in [0.15, 0.2) is 0 Å². The summed E-state index contributed by atoms with van der Waals surface area (Å²) in [4.78, 5) is 3.96. The van der Waals surface area contributed by atoms with Crippen LogP contribution in [-0.4, -0.2) is 4.98 Å². The number of hydrogen-bond donors (Lipinski definition) is 1. The predicted molar refractivity (Wildman–Crippen MR) is 63.7 cm³/mol. The first kappa shape index (κ1) is 9.99. The Bertz CT molecular complexity index is 454. The fourth-order valence-corrected chi connectivity index (χ4v) is 1.49. The van der Waals surface area contributed by atoms with Crippen LogP contribution < -0.4 is 5.32 Å². The summed E-state index contributed by atoms with van der Waals surface area (Å²) < 4.78 is 0. The number of anilines is 2. The number of hydrogen-bond acceptors (Lipinski definition) is 2. The smallest absolute Gasteiger partial charge is 0.0428 e. The van der Waals surface area contributed by atoms with Gasteiger partial charge in [0.05, 0.1) is 0 Å². The van der Waals surface area contributed by atoms with Crippen LogP contribution in [0.3, 0.4) is 0 Å². The van der Waals surface area contributed by atoms with Crippen LogP contribution in [-0.2, 0) is 0 Å². The molecule has 1 heterocycles. The van der Waals surface area contributed by atoms with Gasteiger partial charge >= 0.3 is 0 Å². The fourth-order valence-electron chi connectivity index (χ4n) is 1.32. The molecular weight excluding hydrogens is 208 g/mol. The molecule has 15 heavy (non-hydrogen) atoms. The molecule has 0 spiro atoms. The highest BCUT2D eigenvalue weighted by molar-refractivity contribution is 6.30. The van der Waals surface area contributed by atoms with Crippen molar-refractivity contribution in [2.75, 3.05) is 5.32 Å². The van der Waals surface area contributed by atoms with Crippen LogP contribution in [0.25, 0.3) is 0 Å². The summed E-state index contributed by atoms with van der Waals surface area (Å²) in [5, 5.41) is 4.02. The molecule has 0 saturated heterocycles. The van der Waals surface area contributed by atoms with E-state index in [9.17, 15) is 0 Å². The minimum atomic E-state index is 0.733. The Morgan fingerprint density at radius 1 is 1.13 bits per heavy atom. The quantitative estimate of drug-likeness (QED) is 0.830. The van der Waals surface area contributed by atoms with Gasteiger partial charge in [-0.3, -0.25) is 4.98 Å². The average Bonchev–Trinajstić information content (AvgIpc) is 2.25. The van der Waals surface area contributed by atoms with Crippen molar-refractivity contribution < 1.29 is 0 Å². The van der Waals surface area contributed by atoms with Gasteiger partial charge in [-0.15, -0.1) is 0 Å². The molecule has 0 aliphatic heterocycles. The van der Waals surface area contributed by atoms with E-state index in [2.05, 4.69) is 10.3 Å². The van der Waals surface area contributed by atoms with Crippen molar-refractivity contribution in [2.24, 2.45) is 0 Å². The van der Waals surface area contributed by atoms with E-state index >= 15 is 0 Å². The number of nitrogens with zero attached hydrogens (tertiary/aromatic N) is 1. The van der Waals surface area contributed by atoms with Crippen molar-refractivity contribution >= 4 is 23.0 Å². The summed E-state index contributed by atoms with van der Waals surface area (Å²) in [6, 6.07) is 9.62. The van der Waals surface area contributed by atoms with Gasteiger partial charge in [0.25, 0.3) is 0 Å². The number of pyridine rings is 1. The lowest BCUT2D eigenvalue weighted by atomic mass is 10.2. The first-order chi connectivity index (χ1) is 7.25. The standard InChI is InChI=1S/C12H11ClN2/c1-9-2-3-10(13)8-12(9)15-11-4-6-14-7-5-11/h2-8H,1H3,(H,14,15). The lowest BCUT2D eigenvalue weighted by Gasteiger charge is -2.09. The van der Waals surface area contributed by atoms with Crippen LogP contribution in [0, 0.1) is 6.92 Å². The second-order valence-corrected chi connectivity index (χ2v) is 3.76. The lowest BCUT2D eigenvalue weighted by Crippen LogP contribution is -1.92. The van der Waals surface area contributed by atoms with Gasteiger partial charge in [-0.2, -0.15) is 0 Å². The molecule has 2 nitrogen and oxygen atoms in total. The zero-order valence-corrected chi connectivity index (χ0v) is 9.12. The molecule has 1 aromatic heterocycles. The highest BCUT2D eigenvalue weighted by Gasteiger charge is 1.99. The summed E-state index contributed by atoms with van der Waals surface area (Å²) in [6.45, 7) is 2.04. The van der Waals surface area contributed by atoms with Gasteiger partial charge in [-0.05, 0) is 36.8 Å². The fraction of sp³-hybridized carbons (Fsp3) is 0.0833. The Labute approximate surface area is 93.9 Å². The van der Waals surface area contributed by atoms with E-state index in [0.29, 0.717) is 0 Å². The molecule has 3 heteroatoms. The second-order valence-electron chi connectivity index (χ2n) is 3.32. The van der Waals surface area contributed by atoms with Gasteiger partial charge in [-0.25, -0.2) is 0 Å². The number of nitrogens with one attached hydrogen (secondary N) is 1. The van der Waals surface area contributed by atoms with Gasteiger partial charge in [-0.1, -0.05) is 17.7 Å². The van der Waals surface area contributed by atoms with Gasteiger partial charge in [0, 0.05) is 28.8 Å². The van der Waals surface area contributed by atoms with Gasteiger partial charge in [0.2, 0.25) is 0 Å². The van der Waals surface area contributed by atoms with Crippen molar-refractivity contribution in [3.63, 3.8) is 0 Å². The molecule has 0 atom stereocenters. The number of halogens is 1. The molecule has 1 aromatic carbocycles. The summed E-state index contributed by atoms with van der Waals surface area (Å²) in [6.07, 6.45) is 3.50. The molecule has 0 saturated carbocycles. The Hall–Kier alpha value is -1.54. The third-order valence-corrected chi connectivity index (χ3v) is 2.39. The molecule has 0 aliphatic rings. The molecule has 0 bridgehead atoms. The van der Waals surface area contributed by atoms with E-state index < -0.39 is 0 Å². The Kier molecular flexibility index (Phi) is 2.88. The minimum absolute atomic E-state index is 0.733. The average molecular weight is 219 g/mol. The molecule has 0 amide bonds. The molecule has 0 unspecified atom stereocenters. The van der Waals surface area contributed by atoms with Crippen LogP contribution in [0.15, 0.2) is 42.7 Å². The van der Waals surface area contributed by atoms with Crippen LogP contribution in [0.5, 0.6) is 0 Å². The maximum absolute atomic E-state index is 5.93. The van der Waals surface area contributed by atoms with Crippen molar-refractivity contribution in [3.05, 3.63) is 53.3 Å². The maximum Gasteiger partial charge on any atom is 0.0428 e. The minimum Gasteiger partial charge on any atom is -0.355 e. The first-order valence-electron chi connectivity index (χ1n) is 4.69. The van der Waals surface area contributed by atoms with Gasteiger partial charge < -0.3 is 5.32 Å². The first-order valence-corrected chi connectivity index (χ1v) is 5.07. The number of rotatable bonds is 2. The SMILES string of the molecule is Cc1ccc(Cl)cc1Nc1ccncc1. The van der Waals surface area contributed by atoms with E-state index in [1.807, 2.05) is 37.3 Å². The Morgan fingerprint density at radius 2 is 1.87 bits per heavy atom. The Balaban J connectivity index is 2.28. The normalized spacial score (nSPS) is 10.0. The largest absolute Gasteiger partial charge is 0.355 e. The molecule has 0 aliphatic carbocycles. The zero-order chi connectivity index (χ0) is 10.7. The number of aryl methyl sites for hydroxylation is 1. The van der Waals surface area contributed by atoms with Crippen molar-refractivity contribution in [2.45, 2.75) is 6.92 Å².